The van der Waals surface area contributed by atoms with Crippen LogP contribution in [0.4, 0.5) is 0 Å². The van der Waals surface area contributed by atoms with Crippen LogP contribution in [0.1, 0.15) is 18.2 Å². The van der Waals surface area contributed by atoms with Crippen LogP contribution in [0.25, 0.3) is 5.65 Å². The zero-order chi connectivity index (χ0) is 11.0. The fourth-order valence-corrected chi connectivity index (χ4v) is 2.05. The minimum Gasteiger partial charge on any atom is -0.481 e. The lowest BCUT2D eigenvalue weighted by Gasteiger charge is -2.10. The van der Waals surface area contributed by atoms with Gasteiger partial charge in [-0.25, -0.2) is 4.98 Å². The van der Waals surface area contributed by atoms with E-state index in [1.54, 1.807) is 17.8 Å². The lowest BCUT2D eigenvalue weighted by atomic mass is 10.2. The van der Waals surface area contributed by atoms with Crippen LogP contribution >= 0.6 is 15.9 Å². The van der Waals surface area contributed by atoms with E-state index < -0.39 is 0 Å². The molecule has 0 spiro atoms. The summed E-state index contributed by atoms with van der Waals surface area (Å²) in [6, 6.07) is 0. The molecule has 2 rings (SSSR count). The van der Waals surface area contributed by atoms with Crippen LogP contribution in [0.3, 0.4) is 0 Å². The number of ether oxygens (including phenoxy) is 1. The zero-order valence-corrected chi connectivity index (χ0v) is 10.5. The molecule has 2 aromatic rings. The summed E-state index contributed by atoms with van der Waals surface area (Å²) >= 11 is 3.41. The van der Waals surface area contributed by atoms with Crippen molar-refractivity contribution >= 4 is 21.6 Å². The normalized spacial score (nSPS) is 10.9. The van der Waals surface area contributed by atoms with Gasteiger partial charge in [0.25, 0.3) is 0 Å². The third-order valence-electron chi connectivity index (χ3n) is 2.41. The highest BCUT2D eigenvalue weighted by Crippen LogP contribution is 2.26. The molecule has 0 aromatic carbocycles. The maximum absolute atomic E-state index is 5.38. The van der Waals surface area contributed by atoms with Gasteiger partial charge in [0.2, 0.25) is 5.88 Å². The third-order valence-corrected chi connectivity index (χ3v) is 2.97. The van der Waals surface area contributed by atoms with Gasteiger partial charge in [-0.2, -0.15) is 9.61 Å². The van der Waals surface area contributed by atoms with Crippen molar-refractivity contribution in [1.29, 1.82) is 0 Å². The van der Waals surface area contributed by atoms with Crippen molar-refractivity contribution in [3.63, 3.8) is 0 Å². The highest BCUT2D eigenvalue weighted by Gasteiger charge is 2.14. The number of rotatable bonds is 2. The lowest BCUT2D eigenvalue weighted by Crippen LogP contribution is -2.05. The molecule has 0 bridgehead atoms. The topological polar surface area (TPSA) is 39.4 Å². The summed E-state index contributed by atoms with van der Waals surface area (Å²) in [7, 11) is 1.66. The van der Waals surface area contributed by atoms with E-state index in [1.807, 2.05) is 6.92 Å². The molecule has 0 unspecified atom stereocenters. The van der Waals surface area contributed by atoms with Crippen molar-refractivity contribution in [2.45, 2.75) is 20.3 Å². The first kappa shape index (κ1) is 10.4. The molecule has 0 fully saturated rings. The van der Waals surface area contributed by atoms with Crippen molar-refractivity contribution < 1.29 is 4.74 Å². The lowest BCUT2D eigenvalue weighted by molar-refractivity contribution is 0.379. The molecule has 0 aliphatic heterocycles. The van der Waals surface area contributed by atoms with Gasteiger partial charge in [-0.3, -0.25) is 0 Å². The molecule has 2 aromatic heterocycles. The summed E-state index contributed by atoms with van der Waals surface area (Å²) in [6.45, 7) is 4.07. The molecule has 4 nitrogen and oxygen atoms in total. The Bertz CT molecular complexity index is 507. The van der Waals surface area contributed by atoms with Crippen molar-refractivity contribution in [1.82, 2.24) is 14.6 Å². The molecule has 2 heterocycles. The summed E-state index contributed by atoms with van der Waals surface area (Å²) in [4.78, 5) is 4.49. The van der Waals surface area contributed by atoms with Gasteiger partial charge in [-0.15, -0.1) is 0 Å². The molecule has 15 heavy (non-hydrogen) atoms. The summed E-state index contributed by atoms with van der Waals surface area (Å²) in [5.41, 5.74) is 2.88. The van der Waals surface area contributed by atoms with Gasteiger partial charge in [-0.1, -0.05) is 6.92 Å². The Labute approximate surface area is 96.4 Å². The first-order chi connectivity index (χ1) is 7.19. The summed E-state index contributed by atoms with van der Waals surface area (Å²) in [6.07, 6.45) is 2.61. The van der Waals surface area contributed by atoms with Gasteiger partial charge in [0.05, 0.1) is 17.8 Å². The second-order valence-electron chi connectivity index (χ2n) is 3.27. The number of hydrogen-bond donors (Lipinski definition) is 0. The van der Waals surface area contributed by atoms with E-state index >= 15 is 0 Å². The van der Waals surface area contributed by atoms with E-state index in [-0.39, 0.29) is 0 Å². The maximum Gasteiger partial charge on any atom is 0.221 e. The molecule has 5 heteroatoms. The Balaban J connectivity index is 2.86. The van der Waals surface area contributed by atoms with Crippen LogP contribution in [0, 0.1) is 6.92 Å². The first-order valence-corrected chi connectivity index (χ1v) is 5.55. The van der Waals surface area contributed by atoms with Crippen molar-refractivity contribution in [2.75, 3.05) is 7.11 Å². The van der Waals surface area contributed by atoms with Gasteiger partial charge in [0, 0.05) is 11.3 Å². The van der Waals surface area contributed by atoms with Crippen LogP contribution in [0.5, 0.6) is 5.88 Å². The first-order valence-electron chi connectivity index (χ1n) is 4.75. The van der Waals surface area contributed by atoms with E-state index in [4.69, 9.17) is 4.74 Å². The quantitative estimate of drug-likeness (QED) is 0.841. The van der Waals surface area contributed by atoms with Crippen molar-refractivity contribution in [3.05, 3.63) is 21.9 Å². The Kier molecular flexibility index (Phi) is 2.65. The second-order valence-corrected chi connectivity index (χ2v) is 4.12. The SMILES string of the molecule is CCc1c(C)nc2c(Br)cnn2c1OC. The monoisotopic (exact) mass is 269 g/mol. The van der Waals surface area contributed by atoms with E-state index in [9.17, 15) is 0 Å². The van der Waals surface area contributed by atoms with Crippen molar-refractivity contribution in [3.8, 4) is 5.88 Å². The number of aryl methyl sites for hydroxylation is 1. The molecule has 0 saturated carbocycles. The number of hydrogen-bond acceptors (Lipinski definition) is 3. The highest BCUT2D eigenvalue weighted by atomic mass is 79.9. The summed E-state index contributed by atoms with van der Waals surface area (Å²) < 4.78 is 7.98. The summed E-state index contributed by atoms with van der Waals surface area (Å²) in [5, 5.41) is 4.22. The average molecular weight is 270 g/mol. The minimum absolute atomic E-state index is 0.769. The highest BCUT2D eigenvalue weighted by molar-refractivity contribution is 9.10. The molecule has 0 radical (unpaired) electrons. The Morgan fingerprint density at radius 1 is 1.53 bits per heavy atom. The molecule has 0 saturated heterocycles. The maximum atomic E-state index is 5.38. The van der Waals surface area contributed by atoms with Crippen LogP contribution < -0.4 is 4.74 Å². The molecule has 0 aliphatic rings. The Morgan fingerprint density at radius 2 is 2.27 bits per heavy atom. The van der Waals surface area contributed by atoms with E-state index in [0.717, 1.165) is 33.7 Å². The standard InChI is InChI=1S/C10H12BrN3O/c1-4-7-6(2)13-9-8(11)5-12-14(9)10(7)15-3/h5H,4H2,1-3H3. The van der Waals surface area contributed by atoms with Crippen LogP contribution in [0.2, 0.25) is 0 Å². The molecule has 0 aliphatic carbocycles. The number of nitrogens with zero attached hydrogens (tertiary/aromatic N) is 3. The largest absolute Gasteiger partial charge is 0.481 e. The van der Waals surface area contributed by atoms with Gasteiger partial charge >= 0.3 is 0 Å². The van der Waals surface area contributed by atoms with E-state index in [1.165, 1.54) is 0 Å². The predicted molar refractivity (Wildman–Crippen MR) is 61.4 cm³/mol. The van der Waals surface area contributed by atoms with Crippen LogP contribution in [-0.4, -0.2) is 21.7 Å². The van der Waals surface area contributed by atoms with Gasteiger partial charge in [0.15, 0.2) is 5.65 Å². The third kappa shape index (κ3) is 1.51. The van der Waals surface area contributed by atoms with Gasteiger partial charge in [0.1, 0.15) is 0 Å². The molecule has 80 valence electrons. The van der Waals surface area contributed by atoms with Crippen molar-refractivity contribution in [2.24, 2.45) is 0 Å². The number of aromatic nitrogens is 3. The molecular weight excluding hydrogens is 258 g/mol. The molecule has 0 atom stereocenters. The summed E-state index contributed by atoms with van der Waals surface area (Å²) in [5.74, 6) is 0.769. The molecular formula is C10H12BrN3O. The number of fused-ring (bicyclic) bond motifs is 1. The van der Waals surface area contributed by atoms with Crippen LogP contribution in [0.15, 0.2) is 10.7 Å². The minimum atomic E-state index is 0.769. The van der Waals surface area contributed by atoms with Gasteiger partial charge < -0.3 is 4.74 Å². The fourth-order valence-electron chi connectivity index (χ4n) is 1.70. The van der Waals surface area contributed by atoms with E-state index in [2.05, 4.69) is 32.9 Å². The Morgan fingerprint density at radius 3 is 2.87 bits per heavy atom. The zero-order valence-electron chi connectivity index (χ0n) is 8.91. The van der Waals surface area contributed by atoms with Gasteiger partial charge in [-0.05, 0) is 29.3 Å². The Hall–Kier alpha value is -1.10. The van der Waals surface area contributed by atoms with E-state index in [0.29, 0.717) is 0 Å². The van der Waals surface area contributed by atoms with Crippen LogP contribution in [-0.2, 0) is 6.42 Å². The smallest absolute Gasteiger partial charge is 0.221 e. The molecule has 0 amide bonds. The predicted octanol–water partition coefficient (Wildman–Crippen LogP) is 2.37. The second kappa shape index (κ2) is 3.81. The fraction of sp³-hybridized carbons (Fsp3) is 0.400. The number of methoxy groups -OCH3 is 1. The number of halogens is 1. The average Bonchev–Trinajstić information content (AvgIpc) is 2.58. The molecule has 0 N–H and O–H groups in total.